The molecule has 0 aliphatic heterocycles. The first kappa shape index (κ1) is 25.8. The molecule has 11 heteroatoms. The third kappa shape index (κ3) is 6.60. The predicted octanol–water partition coefficient (Wildman–Crippen LogP) is 5.64. The van der Waals surface area contributed by atoms with Crippen molar-refractivity contribution < 1.29 is 32.4 Å². The van der Waals surface area contributed by atoms with Crippen LogP contribution >= 0.6 is 0 Å². The minimum Gasteiger partial charge on any atom is -0.497 e. The van der Waals surface area contributed by atoms with Crippen LogP contribution in [0.4, 0.5) is 18.9 Å². The lowest BCUT2D eigenvalue weighted by Crippen LogP contribution is -2.23. The molecule has 0 heterocycles. The van der Waals surface area contributed by atoms with Gasteiger partial charge < -0.3 is 14.8 Å². The Kier molecular flexibility index (Phi) is 7.91. The lowest BCUT2D eigenvalue weighted by atomic mass is 10.1. The third-order valence-electron chi connectivity index (χ3n) is 4.88. The third-order valence-corrected chi connectivity index (χ3v) is 4.88. The summed E-state index contributed by atoms with van der Waals surface area (Å²) < 4.78 is 49.1. The Morgan fingerprint density at radius 3 is 2.28 bits per heavy atom. The number of nitro benzene ring substituents is 1. The van der Waals surface area contributed by atoms with E-state index in [0.717, 1.165) is 11.6 Å². The van der Waals surface area contributed by atoms with Crippen molar-refractivity contribution in [3.8, 4) is 23.3 Å². The van der Waals surface area contributed by atoms with E-state index in [1.807, 2.05) is 6.07 Å². The van der Waals surface area contributed by atoms with E-state index < -0.39 is 28.3 Å². The highest BCUT2D eigenvalue weighted by atomic mass is 19.4. The first-order chi connectivity index (χ1) is 17.1. The standard InChI is InChI=1S/C25H18F3N3O5/c1-35-20-7-4-17(5-8-20)15-30-24(32)18(14-29)12-16-2-9-21(10-3-16)36-23-11-6-19(25(26,27)28)13-22(23)31(33)34/h2-13H,15H2,1H3,(H,30,32). The van der Waals surface area contributed by atoms with Gasteiger partial charge in [-0.25, -0.2) is 0 Å². The number of halogens is 3. The molecule has 0 spiro atoms. The van der Waals surface area contributed by atoms with Crippen molar-refractivity contribution >= 4 is 17.7 Å². The Bertz CT molecular complexity index is 1330. The lowest BCUT2D eigenvalue weighted by Gasteiger charge is -2.10. The number of hydrogen-bond donors (Lipinski definition) is 1. The molecule has 3 aromatic rings. The van der Waals surface area contributed by atoms with Crippen LogP contribution in [0.2, 0.25) is 0 Å². The second-order valence-corrected chi connectivity index (χ2v) is 7.31. The number of carbonyl (C=O) groups is 1. The molecule has 0 saturated carbocycles. The maximum atomic E-state index is 12.9. The van der Waals surface area contributed by atoms with Crippen LogP contribution in [0.3, 0.4) is 0 Å². The zero-order chi connectivity index (χ0) is 26.3. The van der Waals surface area contributed by atoms with Gasteiger partial charge in [-0.1, -0.05) is 24.3 Å². The van der Waals surface area contributed by atoms with Gasteiger partial charge in [0.25, 0.3) is 5.91 Å². The zero-order valence-corrected chi connectivity index (χ0v) is 18.7. The molecule has 0 aliphatic carbocycles. The molecule has 0 unspecified atom stereocenters. The van der Waals surface area contributed by atoms with E-state index >= 15 is 0 Å². The van der Waals surface area contributed by atoms with Gasteiger partial charge in [0.1, 0.15) is 23.1 Å². The Hall–Kier alpha value is -4.85. The van der Waals surface area contributed by atoms with E-state index in [1.165, 1.54) is 37.5 Å². The van der Waals surface area contributed by atoms with Gasteiger partial charge in [-0.3, -0.25) is 14.9 Å². The van der Waals surface area contributed by atoms with Gasteiger partial charge in [-0.2, -0.15) is 18.4 Å². The zero-order valence-electron chi connectivity index (χ0n) is 18.7. The van der Waals surface area contributed by atoms with Crippen molar-refractivity contribution in [2.75, 3.05) is 7.11 Å². The van der Waals surface area contributed by atoms with Crippen molar-refractivity contribution in [3.63, 3.8) is 0 Å². The lowest BCUT2D eigenvalue weighted by molar-refractivity contribution is -0.385. The molecular formula is C25H18F3N3O5. The molecule has 8 nitrogen and oxygen atoms in total. The van der Waals surface area contributed by atoms with Gasteiger partial charge in [0, 0.05) is 12.6 Å². The van der Waals surface area contributed by atoms with Gasteiger partial charge in [-0.15, -0.1) is 0 Å². The number of rotatable bonds is 8. The first-order valence-corrected chi connectivity index (χ1v) is 10.3. The van der Waals surface area contributed by atoms with Crippen LogP contribution in [-0.4, -0.2) is 17.9 Å². The largest absolute Gasteiger partial charge is 0.497 e. The second-order valence-electron chi connectivity index (χ2n) is 7.31. The molecule has 184 valence electrons. The molecule has 0 aromatic heterocycles. The summed E-state index contributed by atoms with van der Waals surface area (Å²) in [4.78, 5) is 22.6. The highest BCUT2D eigenvalue weighted by Crippen LogP contribution is 2.37. The van der Waals surface area contributed by atoms with Crippen molar-refractivity contribution in [3.05, 3.63) is 99.1 Å². The molecule has 0 atom stereocenters. The minimum atomic E-state index is -4.74. The maximum Gasteiger partial charge on any atom is 0.416 e. The molecule has 0 fully saturated rings. The summed E-state index contributed by atoms with van der Waals surface area (Å²) >= 11 is 0. The highest BCUT2D eigenvalue weighted by molar-refractivity contribution is 6.01. The monoisotopic (exact) mass is 497 g/mol. The average Bonchev–Trinajstić information content (AvgIpc) is 2.86. The van der Waals surface area contributed by atoms with E-state index in [1.54, 1.807) is 24.3 Å². The summed E-state index contributed by atoms with van der Waals surface area (Å²) in [5.41, 5.74) is -0.901. The van der Waals surface area contributed by atoms with E-state index in [4.69, 9.17) is 9.47 Å². The molecule has 3 aromatic carbocycles. The summed E-state index contributed by atoms with van der Waals surface area (Å²) in [5, 5.41) is 23.2. The summed E-state index contributed by atoms with van der Waals surface area (Å²) in [6.45, 7) is 0.195. The van der Waals surface area contributed by atoms with Gasteiger partial charge >= 0.3 is 11.9 Å². The molecule has 0 saturated heterocycles. The van der Waals surface area contributed by atoms with Crippen molar-refractivity contribution in [1.29, 1.82) is 5.26 Å². The van der Waals surface area contributed by atoms with Crippen LogP contribution in [0.5, 0.6) is 17.2 Å². The SMILES string of the molecule is COc1ccc(CNC(=O)C(C#N)=Cc2ccc(Oc3ccc(C(F)(F)F)cc3[N+](=O)[O-])cc2)cc1. The van der Waals surface area contributed by atoms with Crippen molar-refractivity contribution in [2.45, 2.75) is 12.7 Å². The molecule has 0 bridgehead atoms. The number of hydrogen-bond acceptors (Lipinski definition) is 6. The smallest absolute Gasteiger partial charge is 0.416 e. The number of nitro groups is 1. The molecule has 1 amide bonds. The molecule has 1 N–H and O–H groups in total. The number of alkyl halides is 3. The number of nitrogens with one attached hydrogen (secondary N) is 1. The number of amides is 1. The fraction of sp³-hybridized carbons (Fsp3) is 0.120. The second kappa shape index (κ2) is 11.1. The maximum absolute atomic E-state index is 12.9. The highest BCUT2D eigenvalue weighted by Gasteiger charge is 2.33. The number of methoxy groups -OCH3 is 1. The van der Waals surface area contributed by atoms with Gasteiger partial charge in [0.15, 0.2) is 0 Å². The Labute approximate surface area is 203 Å². The number of nitriles is 1. The van der Waals surface area contributed by atoms with E-state index in [-0.39, 0.29) is 23.6 Å². The molecule has 0 aliphatic rings. The summed E-state index contributed by atoms with van der Waals surface area (Å²) in [5.74, 6) is -0.179. The average molecular weight is 497 g/mol. The molecule has 36 heavy (non-hydrogen) atoms. The van der Waals surface area contributed by atoms with Crippen LogP contribution in [0, 0.1) is 21.4 Å². The van der Waals surface area contributed by atoms with Gasteiger partial charge in [0.2, 0.25) is 5.75 Å². The Balaban J connectivity index is 1.70. The number of benzene rings is 3. The number of nitrogens with zero attached hydrogens (tertiary/aromatic N) is 2. The van der Waals surface area contributed by atoms with E-state index in [9.17, 15) is 33.3 Å². The van der Waals surface area contributed by atoms with Crippen LogP contribution < -0.4 is 14.8 Å². The molecule has 3 rings (SSSR count). The molecular weight excluding hydrogens is 479 g/mol. The number of ether oxygens (including phenoxy) is 2. The topological polar surface area (TPSA) is 114 Å². The Morgan fingerprint density at radius 2 is 1.72 bits per heavy atom. The summed E-state index contributed by atoms with van der Waals surface area (Å²) in [7, 11) is 1.54. The fourth-order valence-corrected chi connectivity index (χ4v) is 3.02. The normalized spacial score (nSPS) is 11.4. The summed E-state index contributed by atoms with van der Waals surface area (Å²) in [6.07, 6.45) is -3.40. The van der Waals surface area contributed by atoms with Crippen LogP contribution in [-0.2, 0) is 17.5 Å². The van der Waals surface area contributed by atoms with Crippen LogP contribution in [0.1, 0.15) is 16.7 Å². The predicted molar refractivity (Wildman–Crippen MR) is 123 cm³/mol. The number of carbonyl (C=O) groups excluding carboxylic acids is 1. The van der Waals surface area contributed by atoms with Crippen LogP contribution in [0.15, 0.2) is 72.3 Å². The summed E-state index contributed by atoms with van der Waals surface area (Å²) in [6, 6.07) is 16.6. The minimum absolute atomic E-state index is 0.109. The van der Waals surface area contributed by atoms with E-state index in [2.05, 4.69) is 5.32 Å². The first-order valence-electron chi connectivity index (χ1n) is 10.3. The van der Waals surface area contributed by atoms with Crippen LogP contribution in [0.25, 0.3) is 6.08 Å². The fourth-order valence-electron chi connectivity index (χ4n) is 3.02. The molecule has 0 radical (unpaired) electrons. The van der Waals surface area contributed by atoms with Crippen molar-refractivity contribution in [1.82, 2.24) is 5.32 Å². The quantitative estimate of drug-likeness (QED) is 0.187. The van der Waals surface area contributed by atoms with Gasteiger partial charge in [0.05, 0.1) is 17.6 Å². The van der Waals surface area contributed by atoms with E-state index in [0.29, 0.717) is 23.4 Å². The van der Waals surface area contributed by atoms with Crippen molar-refractivity contribution in [2.24, 2.45) is 0 Å². The van der Waals surface area contributed by atoms with Gasteiger partial charge in [-0.05, 0) is 53.6 Å². The Morgan fingerprint density at radius 1 is 1.08 bits per heavy atom.